The number of aliphatic hydroxyl groups is 1. The van der Waals surface area contributed by atoms with Crippen LogP contribution in [0.3, 0.4) is 0 Å². The number of esters is 1. The Labute approximate surface area is 93.8 Å². The van der Waals surface area contributed by atoms with Crippen LogP contribution in [0.15, 0.2) is 24.3 Å². The average molecular weight is 225 g/mol. The lowest BCUT2D eigenvalue weighted by Crippen LogP contribution is -2.16. The average Bonchev–Trinajstić information content (AvgIpc) is 2.28. The van der Waals surface area contributed by atoms with Crippen molar-refractivity contribution in [1.29, 1.82) is 0 Å². The van der Waals surface area contributed by atoms with Gasteiger partial charge in [-0.2, -0.15) is 0 Å². The van der Waals surface area contributed by atoms with E-state index >= 15 is 0 Å². The van der Waals surface area contributed by atoms with Crippen LogP contribution in [-0.4, -0.2) is 30.9 Å². The molecule has 0 atom stereocenters. The molecule has 0 aromatic heterocycles. The molecule has 1 rings (SSSR count). The Balaban J connectivity index is 2.29. The van der Waals surface area contributed by atoms with Gasteiger partial charge in [-0.15, -0.1) is 0 Å². The topological polar surface area (TPSA) is 81.8 Å². The second-order valence-electron chi connectivity index (χ2n) is 3.12. The van der Waals surface area contributed by atoms with Crippen LogP contribution in [0.4, 0.5) is 5.69 Å². The van der Waals surface area contributed by atoms with Crippen molar-refractivity contribution in [2.75, 3.05) is 25.6 Å². The molecule has 0 heterocycles. The van der Waals surface area contributed by atoms with Crippen molar-refractivity contribution >= 4 is 11.7 Å². The van der Waals surface area contributed by atoms with Gasteiger partial charge in [0.15, 0.2) is 6.61 Å². The number of benzene rings is 1. The summed E-state index contributed by atoms with van der Waals surface area (Å²) >= 11 is 0. The smallest absolute Gasteiger partial charge is 0.344 e. The highest BCUT2D eigenvalue weighted by molar-refractivity contribution is 5.71. The normalized spacial score (nSPS) is 9.81. The predicted octanol–water partition coefficient (Wildman–Crippen LogP) is 0.573. The van der Waals surface area contributed by atoms with Crippen LogP contribution in [-0.2, 0) is 9.53 Å². The fraction of sp³-hybridized carbons (Fsp3) is 0.364. The molecule has 1 aromatic rings. The van der Waals surface area contributed by atoms with E-state index in [2.05, 4.69) is 0 Å². The zero-order valence-corrected chi connectivity index (χ0v) is 8.89. The highest BCUT2D eigenvalue weighted by atomic mass is 16.6. The molecule has 88 valence electrons. The Bertz CT molecular complexity index is 341. The molecule has 0 saturated heterocycles. The van der Waals surface area contributed by atoms with Crippen molar-refractivity contribution in [3.8, 4) is 5.75 Å². The molecule has 0 unspecified atom stereocenters. The minimum absolute atomic E-state index is 0.000228. The van der Waals surface area contributed by atoms with Crippen molar-refractivity contribution in [2.45, 2.75) is 6.42 Å². The summed E-state index contributed by atoms with van der Waals surface area (Å²) in [6.07, 6.45) is 0.430. The fourth-order valence-electron chi connectivity index (χ4n) is 1.04. The van der Waals surface area contributed by atoms with Gasteiger partial charge in [-0.25, -0.2) is 4.79 Å². The van der Waals surface area contributed by atoms with Gasteiger partial charge < -0.3 is 20.3 Å². The Hall–Kier alpha value is -1.75. The number of hydrogen-bond donors (Lipinski definition) is 2. The summed E-state index contributed by atoms with van der Waals surface area (Å²) < 4.78 is 9.95. The predicted molar refractivity (Wildman–Crippen MR) is 59.0 cm³/mol. The van der Waals surface area contributed by atoms with Gasteiger partial charge in [0, 0.05) is 13.0 Å². The quantitative estimate of drug-likeness (QED) is 0.420. The summed E-state index contributed by atoms with van der Waals surface area (Å²) in [5.74, 6) is -0.0155. The summed E-state index contributed by atoms with van der Waals surface area (Å²) in [7, 11) is 0. The molecule has 0 aliphatic heterocycles. The van der Waals surface area contributed by atoms with E-state index in [1.165, 1.54) is 0 Å². The third-order valence-corrected chi connectivity index (χ3v) is 1.83. The molecule has 0 spiro atoms. The van der Waals surface area contributed by atoms with Crippen molar-refractivity contribution in [1.82, 2.24) is 0 Å². The number of anilines is 1. The first-order valence-corrected chi connectivity index (χ1v) is 4.98. The van der Waals surface area contributed by atoms with Gasteiger partial charge in [0.25, 0.3) is 0 Å². The number of nitrogen functional groups attached to an aromatic ring is 1. The third kappa shape index (κ3) is 4.18. The molecule has 5 nitrogen and oxygen atoms in total. The van der Waals surface area contributed by atoms with Crippen LogP contribution in [0.2, 0.25) is 0 Å². The van der Waals surface area contributed by atoms with Gasteiger partial charge >= 0.3 is 5.97 Å². The van der Waals surface area contributed by atoms with Crippen LogP contribution < -0.4 is 10.5 Å². The maximum atomic E-state index is 11.1. The molecule has 0 bridgehead atoms. The van der Waals surface area contributed by atoms with Gasteiger partial charge in [-0.3, -0.25) is 0 Å². The highest BCUT2D eigenvalue weighted by Crippen LogP contribution is 2.19. The molecule has 1 aromatic carbocycles. The lowest BCUT2D eigenvalue weighted by Gasteiger charge is -2.08. The number of carbonyl (C=O) groups is 1. The second-order valence-corrected chi connectivity index (χ2v) is 3.12. The van der Waals surface area contributed by atoms with Crippen LogP contribution in [0, 0.1) is 0 Å². The lowest BCUT2D eigenvalue weighted by atomic mass is 10.3. The number of hydrogen-bond acceptors (Lipinski definition) is 5. The van der Waals surface area contributed by atoms with E-state index in [0.717, 1.165) is 0 Å². The molecular weight excluding hydrogens is 210 g/mol. The highest BCUT2D eigenvalue weighted by Gasteiger charge is 2.05. The molecule has 0 radical (unpaired) electrons. The summed E-state index contributed by atoms with van der Waals surface area (Å²) in [6, 6.07) is 6.91. The molecule has 0 amide bonds. The molecule has 0 aliphatic carbocycles. The number of aliphatic hydroxyl groups excluding tert-OH is 1. The van der Waals surface area contributed by atoms with Gasteiger partial charge in [0.1, 0.15) is 5.75 Å². The van der Waals surface area contributed by atoms with Crippen molar-refractivity contribution < 1.29 is 19.4 Å². The van der Waals surface area contributed by atoms with Gasteiger partial charge in [0.05, 0.1) is 12.3 Å². The summed E-state index contributed by atoms with van der Waals surface area (Å²) in [5, 5.41) is 8.48. The first-order chi connectivity index (χ1) is 7.74. The Kier molecular flexibility index (Phi) is 5.15. The van der Waals surface area contributed by atoms with Crippen molar-refractivity contribution in [3.05, 3.63) is 24.3 Å². The summed E-state index contributed by atoms with van der Waals surface area (Å²) in [5.41, 5.74) is 6.10. The Morgan fingerprint density at radius 2 is 2.12 bits per heavy atom. The number of ether oxygens (including phenoxy) is 2. The number of rotatable bonds is 6. The van der Waals surface area contributed by atoms with E-state index in [1.807, 2.05) is 0 Å². The Morgan fingerprint density at radius 3 is 2.81 bits per heavy atom. The number of nitrogens with two attached hydrogens (primary N) is 1. The van der Waals surface area contributed by atoms with Crippen molar-refractivity contribution in [3.63, 3.8) is 0 Å². The number of para-hydroxylation sites is 2. The summed E-state index contributed by atoms with van der Waals surface area (Å²) in [4.78, 5) is 11.1. The fourth-order valence-corrected chi connectivity index (χ4v) is 1.04. The van der Waals surface area contributed by atoms with E-state index < -0.39 is 5.97 Å². The molecule has 0 aliphatic rings. The molecular formula is C11H15NO4. The van der Waals surface area contributed by atoms with Crippen LogP contribution in [0.25, 0.3) is 0 Å². The van der Waals surface area contributed by atoms with E-state index in [9.17, 15) is 4.79 Å². The SMILES string of the molecule is Nc1ccccc1OCC(=O)OCCCO. The first-order valence-electron chi connectivity index (χ1n) is 4.98. The maximum absolute atomic E-state index is 11.1. The lowest BCUT2D eigenvalue weighted by molar-refractivity contribution is -0.146. The zero-order chi connectivity index (χ0) is 11.8. The minimum atomic E-state index is -0.475. The van der Waals surface area contributed by atoms with Gasteiger partial charge in [0.2, 0.25) is 0 Å². The molecule has 16 heavy (non-hydrogen) atoms. The molecule has 5 heteroatoms. The third-order valence-electron chi connectivity index (χ3n) is 1.83. The standard InChI is InChI=1S/C11H15NO4/c12-9-4-1-2-5-10(9)16-8-11(14)15-7-3-6-13/h1-2,4-5,13H,3,6-8,12H2. The zero-order valence-electron chi connectivity index (χ0n) is 8.89. The monoisotopic (exact) mass is 225 g/mol. The van der Waals surface area contributed by atoms with E-state index in [0.29, 0.717) is 17.9 Å². The van der Waals surface area contributed by atoms with Gasteiger partial charge in [-0.1, -0.05) is 12.1 Å². The van der Waals surface area contributed by atoms with E-state index in [4.69, 9.17) is 20.3 Å². The van der Waals surface area contributed by atoms with Crippen LogP contribution in [0.5, 0.6) is 5.75 Å². The maximum Gasteiger partial charge on any atom is 0.344 e. The first kappa shape index (κ1) is 12.3. The number of carbonyl (C=O) groups excluding carboxylic acids is 1. The summed E-state index contributed by atoms with van der Waals surface area (Å²) in [6.45, 7) is 0.0162. The molecule has 3 N–H and O–H groups in total. The minimum Gasteiger partial charge on any atom is -0.480 e. The molecule has 0 fully saturated rings. The largest absolute Gasteiger partial charge is 0.480 e. The Morgan fingerprint density at radius 1 is 1.38 bits per heavy atom. The van der Waals surface area contributed by atoms with Gasteiger partial charge in [-0.05, 0) is 12.1 Å². The van der Waals surface area contributed by atoms with E-state index in [1.54, 1.807) is 24.3 Å². The second kappa shape index (κ2) is 6.68. The van der Waals surface area contributed by atoms with Crippen LogP contribution in [0.1, 0.15) is 6.42 Å². The van der Waals surface area contributed by atoms with E-state index in [-0.39, 0.29) is 19.8 Å². The molecule has 0 saturated carbocycles. The van der Waals surface area contributed by atoms with Crippen LogP contribution >= 0.6 is 0 Å². The van der Waals surface area contributed by atoms with Crippen molar-refractivity contribution in [2.24, 2.45) is 0 Å².